The van der Waals surface area contributed by atoms with Crippen molar-refractivity contribution in [1.82, 2.24) is 15.0 Å². The summed E-state index contributed by atoms with van der Waals surface area (Å²) in [7, 11) is -2.35. The molecule has 0 atom stereocenters. The minimum absolute atomic E-state index is 0.0475. The molecule has 0 amide bonds. The average molecular weight is 537 g/mol. The number of sulfonamides is 1. The number of aliphatic hydroxyl groups excluding tert-OH is 1. The highest BCUT2D eigenvalue weighted by molar-refractivity contribution is 7.92. The number of rotatable bonds is 13. The maximum absolute atomic E-state index is 13.1. The molecule has 2 N–H and O–H groups in total. The Bertz CT molecular complexity index is 1440. The second-order valence-electron chi connectivity index (χ2n) is 8.10. The molecule has 0 bridgehead atoms. The van der Waals surface area contributed by atoms with E-state index in [9.17, 15) is 13.5 Å². The summed E-state index contributed by atoms with van der Waals surface area (Å²) in [6.45, 7) is -0.387. The molecule has 11 heteroatoms. The number of nitrogens with zero attached hydrogens (tertiary/aromatic N) is 3. The molecule has 0 fully saturated rings. The fourth-order valence-electron chi connectivity index (χ4n) is 3.58. The summed E-state index contributed by atoms with van der Waals surface area (Å²) in [6.07, 6.45) is 4.14. The monoisotopic (exact) mass is 536 g/mol. The molecule has 0 saturated heterocycles. The SMILES string of the molecule is COc1ccccc1Oc1c(NS(=O)(=O)CCCc2ccccc2)nc(-c2ccncc2)nc1OCCO. The van der Waals surface area contributed by atoms with Gasteiger partial charge in [0.1, 0.15) is 6.61 Å². The van der Waals surface area contributed by atoms with Crippen LogP contribution in [0.3, 0.4) is 0 Å². The molecule has 0 aliphatic rings. The summed E-state index contributed by atoms with van der Waals surface area (Å²) >= 11 is 0. The summed E-state index contributed by atoms with van der Waals surface area (Å²) in [6, 6.07) is 19.9. The molecule has 198 valence electrons. The number of nitrogens with one attached hydrogen (secondary N) is 1. The van der Waals surface area contributed by atoms with Crippen molar-refractivity contribution in [2.45, 2.75) is 12.8 Å². The van der Waals surface area contributed by atoms with Crippen LogP contribution in [0.25, 0.3) is 11.4 Å². The van der Waals surface area contributed by atoms with Crippen LogP contribution in [0, 0.1) is 0 Å². The van der Waals surface area contributed by atoms with Gasteiger partial charge in [-0.3, -0.25) is 9.71 Å². The Hall–Kier alpha value is -4.22. The topological polar surface area (TPSA) is 133 Å². The molecular weight excluding hydrogens is 508 g/mol. The van der Waals surface area contributed by atoms with Gasteiger partial charge in [-0.2, -0.15) is 4.98 Å². The number of pyridine rings is 1. The molecule has 38 heavy (non-hydrogen) atoms. The van der Waals surface area contributed by atoms with E-state index in [1.165, 1.54) is 7.11 Å². The molecule has 2 heterocycles. The second kappa shape index (κ2) is 12.8. The predicted octanol–water partition coefficient (Wildman–Crippen LogP) is 4.09. The summed E-state index contributed by atoms with van der Waals surface area (Å²) in [5, 5.41) is 9.37. The molecule has 2 aromatic carbocycles. The van der Waals surface area contributed by atoms with E-state index in [1.807, 2.05) is 30.3 Å². The van der Waals surface area contributed by atoms with E-state index in [2.05, 4.69) is 19.7 Å². The second-order valence-corrected chi connectivity index (χ2v) is 9.94. The van der Waals surface area contributed by atoms with Gasteiger partial charge in [-0.1, -0.05) is 42.5 Å². The first-order valence-corrected chi connectivity index (χ1v) is 13.6. The van der Waals surface area contributed by atoms with Crippen molar-refractivity contribution in [3.05, 3.63) is 84.7 Å². The van der Waals surface area contributed by atoms with Crippen molar-refractivity contribution in [3.63, 3.8) is 0 Å². The number of aliphatic hydroxyl groups is 1. The van der Waals surface area contributed by atoms with Gasteiger partial charge >= 0.3 is 0 Å². The fourth-order valence-corrected chi connectivity index (χ4v) is 4.64. The van der Waals surface area contributed by atoms with E-state index in [-0.39, 0.29) is 42.2 Å². The molecule has 4 aromatic rings. The number of benzene rings is 2. The molecule has 2 aromatic heterocycles. The molecule has 0 spiro atoms. The highest BCUT2D eigenvalue weighted by atomic mass is 32.2. The van der Waals surface area contributed by atoms with Crippen LogP contribution in [-0.4, -0.2) is 54.6 Å². The smallest absolute Gasteiger partial charge is 0.263 e. The number of para-hydroxylation sites is 2. The van der Waals surface area contributed by atoms with Gasteiger partial charge in [-0.15, -0.1) is 0 Å². The molecule has 0 aliphatic carbocycles. The quantitative estimate of drug-likeness (QED) is 0.259. The average Bonchev–Trinajstić information content (AvgIpc) is 2.94. The Morgan fingerprint density at radius 3 is 2.34 bits per heavy atom. The van der Waals surface area contributed by atoms with Crippen LogP contribution in [0.15, 0.2) is 79.1 Å². The third-order valence-electron chi connectivity index (χ3n) is 5.36. The first kappa shape index (κ1) is 26.8. The molecule has 0 unspecified atom stereocenters. The highest BCUT2D eigenvalue weighted by Gasteiger charge is 2.24. The van der Waals surface area contributed by atoms with Crippen molar-refractivity contribution in [3.8, 4) is 34.5 Å². The van der Waals surface area contributed by atoms with Crippen molar-refractivity contribution >= 4 is 15.8 Å². The van der Waals surface area contributed by atoms with Gasteiger partial charge in [-0.25, -0.2) is 13.4 Å². The summed E-state index contributed by atoms with van der Waals surface area (Å²) in [5.74, 6) is 0.544. The van der Waals surface area contributed by atoms with Gasteiger partial charge in [-0.05, 0) is 42.7 Å². The maximum atomic E-state index is 13.1. The lowest BCUT2D eigenvalue weighted by Crippen LogP contribution is -2.19. The van der Waals surface area contributed by atoms with E-state index < -0.39 is 10.0 Å². The van der Waals surface area contributed by atoms with Crippen LogP contribution < -0.4 is 18.9 Å². The van der Waals surface area contributed by atoms with E-state index in [0.29, 0.717) is 29.9 Å². The largest absolute Gasteiger partial charge is 0.493 e. The molecule has 0 radical (unpaired) electrons. The number of ether oxygens (including phenoxy) is 3. The standard InChI is InChI=1S/C27H28N4O6S/c1-35-22-11-5-6-12-23(22)37-24-26(31-38(33,34)19-7-10-20-8-3-2-4-9-20)29-25(21-13-15-28-16-14-21)30-27(24)36-18-17-32/h2-6,8-9,11-16,32H,7,10,17-19H2,1H3,(H,29,30,31). The van der Waals surface area contributed by atoms with Gasteiger partial charge in [0.15, 0.2) is 23.1 Å². The van der Waals surface area contributed by atoms with Gasteiger partial charge in [0, 0.05) is 18.0 Å². The number of aryl methyl sites for hydroxylation is 1. The zero-order valence-corrected chi connectivity index (χ0v) is 21.6. The zero-order chi connectivity index (χ0) is 26.8. The Labute approximate surface area is 221 Å². The zero-order valence-electron chi connectivity index (χ0n) is 20.8. The fraction of sp³-hybridized carbons (Fsp3) is 0.222. The lowest BCUT2D eigenvalue weighted by molar-refractivity contribution is 0.192. The number of hydrogen-bond acceptors (Lipinski definition) is 9. The Morgan fingerprint density at radius 1 is 0.921 bits per heavy atom. The maximum Gasteiger partial charge on any atom is 0.263 e. The van der Waals surface area contributed by atoms with Crippen LogP contribution in [0.2, 0.25) is 0 Å². The number of hydrogen-bond donors (Lipinski definition) is 2. The number of methoxy groups -OCH3 is 1. The summed E-state index contributed by atoms with van der Waals surface area (Å²) in [5.41, 5.74) is 1.63. The first-order valence-electron chi connectivity index (χ1n) is 11.9. The normalized spacial score (nSPS) is 11.1. The molecular formula is C27H28N4O6S. The van der Waals surface area contributed by atoms with E-state index in [4.69, 9.17) is 14.2 Å². The molecule has 0 aliphatic heterocycles. The van der Waals surface area contributed by atoms with E-state index >= 15 is 0 Å². The van der Waals surface area contributed by atoms with E-state index in [0.717, 1.165) is 5.56 Å². The first-order chi connectivity index (χ1) is 18.5. The summed E-state index contributed by atoms with van der Waals surface area (Å²) < 4.78 is 46.0. The third-order valence-corrected chi connectivity index (χ3v) is 6.69. The van der Waals surface area contributed by atoms with Crippen LogP contribution >= 0.6 is 0 Å². The van der Waals surface area contributed by atoms with Gasteiger partial charge < -0.3 is 19.3 Å². The molecule has 10 nitrogen and oxygen atoms in total. The lowest BCUT2D eigenvalue weighted by atomic mass is 10.1. The minimum Gasteiger partial charge on any atom is -0.493 e. The van der Waals surface area contributed by atoms with Gasteiger partial charge in [0.2, 0.25) is 15.8 Å². The van der Waals surface area contributed by atoms with Crippen molar-refractivity contribution in [2.75, 3.05) is 30.8 Å². The van der Waals surface area contributed by atoms with Crippen molar-refractivity contribution < 1.29 is 27.7 Å². The van der Waals surface area contributed by atoms with Crippen LogP contribution in [0.5, 0.6) is 23.1 Å². The Balaban J connectivity index is 1.71. The van der Waals surface area contributed by atoms with Crippen molar-refractivity contribution in [2.24, 2.45) is 0 Å². The van der Waals surface area contributed by atoms with Crippen LogP contribution in [0.1, 0.15) is 12.0 Å². The van der Waals surface area contributed by atoms with Gasteiger partial charge in [0.25, 0.3) is 5.88 Å². The van der Waals surface area contributed by atoms with E-state index in [1.54, 1.807) is 48.8 Å². The van der Waals surface area contributed by atoms with Crippen LogP contribution in [-0.2, 0) is 16.4 Å². The number of aromatic nitrogens is 3. The number of anilines is 1. The highest BCUT2D eigenvalue weighted by Crippen LogP contribution is 2.41. The van der Waals surface area contributed by atoms with Crippen LogP contribution in [0.4, 0.5) is 5.82 Å². The Kier molecular flexibility index (Phi) is 9.07. The minimum atomic E-state index is -3.84. The lowest BCUT2D eigenvalue weighted by Gasteiger charge is -2.18. The Morgan fingerprint density at radius 2 is 1.63 bits per heavy atom. The summed E-state index contributed by atoms with van der Waals surface area (Å²) in [4.78, 5) is 12.9. The molecule has 4 rings (SSSR count). The van der Waals surface area contributed by atoms with Gasteiger partial charge in [0.05, 0.1) is 19.5 Å². The van der Waals surface area contributed by atoms with Crippen molar-refractivity contribution in [1.29, 1.82) is 0 Å². The third kappa shape index (κ3) is 7.17. The molecule has 0 saturated carbocycles. The predicted molar refractivity (Wildman–Crippen MR) is 143 cm³/mol.